The first kappa shape index (κ1) is 23.2. The van der Waals surface area contributed by atoms with Gasteiger partial charge in [-0.15, -0.1) is 0 Å². The first-order chi connectivity index (χ1) is 10.8. The molecule has 0 aromatic rings. The number of nitrogens with one attached hydrogen (secondary N) is 1. The number of hydrogen-bond acceptors (Lipinski definition) is 5. The summed E-state index contributed by atoms with van der Waals surface area (Å²) in [6, 6.07) is 0. The van der Waals surface area contributed by atoms with Gasteiger partial charge in [0.25, 0.3) is 0 Å². The Balaban J connectivity index is 4.33. The third-order valence-electron chi connectivity index (χ3n) is 3.50. The molecule has 7 nitrogen and oxygen atoms in total. The highest BCUT2D eigenvalue weighted by Gasteiger charge is 2.32. The number of Topliss-reactive ketones (excluding diaryl/α,β-unsaturated/α-hetero) is 1. The molecule has 1 unspecified atom stereocenters. The van der Waals surface area contributed by atoms with Crippen LogP contribution in [0.5, 0.6) is 0 Å². The van der Waals surface area contributed by atoms with Crippen LogP contribution in [-0.2, 0) is 23.2 Å². The molecule has 24 heavy (non-hydrogen) atoms. The van der Waals surface area contributed by atoms with Crippen LogP contribution in [0.2, 0.25) is 0 Å². The van der Waals surface area contributed by atoms with Gasteiger partial charge in [-0.1, -0.05) is 27.7 Å². The zero-order valence-electron chi connectivity index (χ0n) is 15.7. The van der Waals surface area contributed by atoms with Crippen LogP contribution in [0.25, 0.3) is 0 Å². The molecule has 0 aliphatic carbocycles. The number of rotatable bonds is 12. The maximum atomic E-state index is 11.8. The van der Waals surface area contributed by atoms with Crippen molar-refractivity contribution in [2.45, 2.75) is 60.3 Å². The molecule has 0 spiro atoms. The summed E-state index contributed by atoms with van der Waals surface area (Å²) in [4.78, 5) is 32.0. The van der Waals surface area contributed by atoms with Gasteiger partial charge in [0.15, 0.2) is 0 Å². The number of phosphoric ester groups is 1. The average molecular weight is 365 g/mol. The fraction of sp³-hybridized carbons (Fsp3) is 0.875. The summed E-state index contributed by atoms with van der Waals surface area (Å²) < 4.78 is 20.8. The predicted octanol–water partition coefficient (Wildman–Crippen LogP) is 3.07. The van der Waals surface area contributed by atoms with E-state index in [-0.39, 0.29) is 29.1 Å². The van der Waals surface area contributed by atoms with Crippen LogP contribution in [0, 0.1) is 10.8 Å². The van der Waals surface area contributed by atoms with Gasteiger partial charge in [-0.3, -0.25) is 13.8 Å². The number of amides is 1. The summed E-state index contributed by atoms with van der Waals surface area (Å²) in [6.45, 7) is 9.96. The monoisotopic (exact) mass is 365 g/mol. The van der Waals surface area contributed by atoms with Crippen molar-refractivity contribution in [3.8, 4) is 0 Å². The fourth-order valence-corrected chi connectivity index (χ4v) is 3.26. The zero-order valence-corrected chi connectivity index (χ0v) is 16.6. The second-order valence-electron chi connectivity index (χ2n) is 7.76. The molecule has 0 radical (unpaired) electrons. The van der Waals surface area contributed by atoms with E-state index in [1.165, 1.54) is 6.92 Å². The minimum atomic E-state index is -3.98. The fourth-order valence-electron chi connectivity index (χ4n) is 2.64. The van der Waals surface area contributed by atoms with Gasteiger partial charge < -0.3 is 15.0 Å². The quantitative estimate of drug-likeness (QED) is 0.515. The molecule has 0 saturated carbocycles. The summed E-state index contributed by atoms with van der Waals surface area (Å²) in [7, 11) is -2.86. The minimum absolute atomic E-state index is 0.0716. The third kappa shape index (κ3) is 11.7. The number of ketones is 1. The Kier molecular flexibility index (Phi) is 9.36. The lowest BCUT2D eigenvalue weighted by atomic mass is 9.75. The Bertz CT molecular complexity index is 475. The van der Waals surface area contributed by atoms with Gasteiger partial charge in [-0.25, -0.2) is 4.57 Å². The van der Waals surface area contributed by atoms with Gasteiger partial charge in [0.2, 0.25) is 5.91 Å². The molecule has 2 N–H and O–H groups in total. The van der Waals surface area contributed by atoms with Gasteiger partial charge >= 0.3 is 7.82 Å². The number of carbonyl (C=O) groups is 2. The first-order valence-corrected chi connectivity index (χ1v) is 9.57. The van der Waals surface area contributed by atoms with E-state index in [0.717, 1.165) is 7.11 Å². The van der Waals surface area contributed by atoms with Crippen molar-refractivity contribution in [1.29, 1.82) is 0 Å². The molecule has 0 aromatic carbocycles. The van der Waals surface area contributed by atoms with E-state index in [2.05, 4.69) is 9.84 Å². The molecule has 0 bridgehead atoms. The van der Waals surface area contributed by atoms with Crippen LogP contribution in [0.15, 0.2) is 0 Å². The molecule has 0 rings (SSSR count). The molecule has 8 heteroatoms. The summed E-state index contributed by atoms with van der Waals surface area (Å²) in [5, 5.41) is 2.88. The maximum Gasteiger partial charge on any atom is 0.471 e. The lowest BCUT2D eigenvalue weighted by Gasteiger charge is -2.35. The molecule has 1 atom stereocenters. The summed E-state index contributed by atoms with van der Waals surface area (Å²) in [5.74, 6) is 0.0136. The molecule has 0 saturated heterocycles. The van der Waals surface area contributed by atoms with Crippen LogP contribution in [0.4, 0.5) is 0 Å². The van der Waals surface area contributed by atoms with E-state index in [1.54, 1.807) is 0 Å². The van der Waals surface area contributed by atoms with Crippen LogP contribution in [-0.4, -0.2) is 36.8 Å². The predicted molar refractivity (Wildman–Crippen MR) is 92.5 cm³/mol. The molecule has 1 amide bonds. The normalized spacial score (nSPS) is 15.0. The molecule has 0 aliphatic rings. The Hall–Kier alpha value is -0.750. The molecule has 0 fully saturated rings. The van der Waals surface area contributed by atoms with Crippen molar-refractivity contribution in [1.82, 2.24) is 5.32 Å². The Morgan fingerprint density at radius 2 is 1.71 bits per heavy atom. The SMILES string of the molecule is COP(=O)(O)OCC(C)(C)CC(C)(C)CNC(=O)CCCC(C)=O. The highest BCUT2D eigenvalue weighted by Crippen LogP contribution is 2.45. The maximum absolute atomic E-state index is 11.8. The molecule has 142 valence electrons. The van der Waals surface area contributed by atoms with Gasteiger partial charge in [-0.2, -0.15) is 0 Å². The van der Waals surface area contributed by atoms with Crippen molar-refractivity contribution >= 4 is 19.5 Å². The van der Waals surface area contributed by atoms with Crippen molar-refractivity contribution in [2.75, 3.05) is 20.3 Å². The van der Waals surface area contributed by atoms with E-state index in [0.29, 0.717) is 32.2 Å². The molecular weight excluding hydrogens is 333 g/mol. The summed E-state index contributed by atoms with van der Waals surface area (Å²) in [5.41, 5.74) is -0.574. The Morgan fingerprint density at radius 3 is 2.21 bits per heavy atom. The highest BCUT2D eigenvalue weighted by molar-refractivity contribution is 7.47. The summed E-state index contributed by atoms with van der Waals surface area (Å²) in [6.07, 6.45) is 1.99. The largest absolute Gasteiger partial charge is 0.471 e. The van der Waals surface area contributed by atoms with Crippen LogP contribution in [0.1, 0.15) is 60.3 Å². The highest BCUT2D eigenvalue weighted by atomic mass is 31.2. The number of carbonyl (C=O) groups excluding carboxylic acids is 2. The van der Waals surface area contributed by atoms with E-state index < -0.39 is 7.82 Å². The van der Waals surface area contributed by atoms with Crippen LogP contribution < -0.4 is 5.32 Å². The van der Waals surface area contributed by atoms with Crippen molar-refractivity contribution in [3.63, 3.8) is 0 Å². The Labute approximate surface area is 145 Å². The number of phosphoric acid groups is 1. The van der Waals surface area contributed by atoms with E-state index in [1.807, 2.05) is 27.7 Å². The zero-order chi connectivity index (χ0) is 19.0. The number of hydrogen-bond donors (Lipinski definition) is 2. The minimum Gasteiger partial charge on any atom is -0.356 e. The third-order valence-corrected chi connectivity index (χ3v) is 4.42. The second kappa shape index (κ2) is 9.66. The van der Waals surface area contributed by atoms with Gasteiger partial charge in [0, 0.05) is 26.5 Å². The van der Waals surface area contributed by atoms with Crippen LogP contribution in [0.3, 0.4) is 0 Å². The second-order valence-corrected chi connectivity index (χ2v) is 9.32. The van der Waals surface area contributed by atoms with Crippen LogP contribution >= 0.6 is 7.82 Å². The standard InChI is InChI=1S/C16H32NO6P/c1-13(18)8-7-9-14(19)17-11-15(2,3)10-16(4,5)12-23-24(20,21)22-6/h7-12H2,1-6H3,(H,17,19)(H,20,21). The van der Waals surface area contributed by atoms with Gasteiger partial charge in [-0.05, 0) is 30.6 Å². The van der Waals surface area contributed by atoms with Gasteiger partial charge in [0.1, 0.15) is 5.78 Å². The topological polar surface area (TPSA) is 102 Å². The Morgan fingerprint density at radius 1 is 1.12 bits per heavy atom. The first-order valence-electron chi connectivity index (χ1n) is 8.08. The molecule has 0 aliphatic heterocycles. The lowest BCUT2D eigenvalue weighted by molar-refractivity contribution is -0.122. The lowest BCUT2D eigenvalue weighted by Crippen LogP contribution is -2.37. The van der Waals surface area contributed by atoms with Crippen molar-refractivity contribution in [3.05, 3.63) is 0 Å². The smallest absolute Gasteiger partial charge is 0.356 e. The molecular formula is C16H32NO6P. The van der Waals surface area contributed by atoms with E-state index >= 15 is 0 Å². The van der Waals surface area contributed by atoms with Gasteiger partial charge in [0.05, 0.1) is 6.61 Å². The molecule has 0 aromatic heterocycles. The summed E-state index contributed by atoms with van der Waals surface area (Å²) >= 11 is 0. The molecule has 0 heterocycles. The van der Waals surface area contributed by atoms with E-state index in [9.17, 15) is 19.0 Å². The van der Waals surface area contributed by atoms with Crippen molar-refractivity contribution < 1.29 is 28.1 Å². The van der Waals surface area contributed by atoms with E-state index in [4.69, 9.17) is 4.52 Å². The average Bonchev–Trinajstić information content (AvgIpc) is 2.42. The van der Waals surface area contributed by atoms with Crippen molar-refractivity contribution in [2.24, 2.45) is 10.8 Å².